The van der Waals surface area contributed by atoms with Crippen LogP contribution in [-0.4, -0.2) is 4.98 Å². The summed E-state index contributed by atoms with van der Waals surface area (Å²) in [4.78, 5) is 4.27. The molecule has 0 unspecified atom stereocenters. The number of hydrogen-bond donors (Lipinski definition) is 1. The predicted octanol–water partition coefficient (Wildman–Crippen LogP) is 4.28. The zero-order valence-electron chi connectivity index (χ0n) is 9.90. The average Bonchev–Trinajstić information content (AvgIpc) is 2.42. The van der Waals surface area contributed by atoms with Gasteiger partial charge in [0, 0.05) is 17.1 Å². The molecule has 0 aliphatic carbocycles. The summed E-state index contributed by atoms with van der Waals surface area (Å²) >= 11 is 5.91. The SMILES string of the molecule is Nc1c(Cl)cc(F)cc1-c1ccc2cccnc2c1. The number of nitrogen functional groups attached to an aromatic ring is 1. The topological polar surface area (TPSA) is 38.9 Å². The molecule has 0 saturated heterocycles. The molecule has 0 radical (unpaired) electrons. The summed E-state index contributed by atoms with van der Waals surface area (Å²) in [6.45, 7) is 0. The van der Waals surface area contributed by atoms with E-state index in [9.17, 15) is 4.39 Å². The van der Waals surface area contributed by atoms with E-state index in [1.807, 2.05) is 30.3 Å². The van der Waals surface area contributed by atoms with Crippen LogP contribution in [0.1, 0.15) is 0 Å². The van der Waals surface area contributed by atoms with Crippen molar-refractivity contribution < 1.29 is 4.39 Å². The average molecular weight is 273 g/mol. The van der Waals surface area contributed by atoms with Gasteiger partial charge in [0.1, 0.15) is 5.82 Å². The van der Waals surface area contributed by atoms with Gasteiger partial charge in [-0.05, 0) is 29.8 Å². The van der Waals surface area contributed by atoms with Crippen molar-refractivity contribution in [2.24, 2.45) is 0 Å². The van der Waals surface area contributed by atoms with Crippen molar-refractivity contribution in [2.45, 2.75) is 0 Å². The Morgan fingerprint density at radius 2 is 1.95 bits per heavy atom. The maximum absolute atomic E-state index is 13.5. The summed E-state index contributed by atoms with van der Waals surface area (Å²) in [5.41, 5.74) is 8.49. The van der Waals surface area contributed by atoms with Crippen LogP contribution in [0, 0.1) is 5.82 Å². The fourth-order valence-electron chi connectivity index (χ4n) is 2.06. The molecule has 0 amide bonds. The number of pyridine rings is 1. The third-order valence-corrected chi connectivity index (χ3v) is 3.32. The van der Waals surface area contributed by atoms with Crippen molar-refractivity contribution >= 4 is 28.2 Å². The van der Waals surface area contributed by atoms with E-state index in [0.29, 0.717) is 11.3 Å². The molecular formula is C15H10ClFN2. The van der Waals surface area contributed by atoms with Crippen molar-refractivity contribution in [3.63, 3.8) is 0 Å². The molecule has 0 aliphatic heterocycles. The minimum absolute atomic E-state index is 0.219. The highest BCUT2D eigenvalue weighted by molar-refractivity contribution is 6.33. The van der Waals surface area contributed by atoms with Gasteiger partial charge in [-0.2, -0.15) is 0 Å². The predicted molar refractivity (Wildman–Crippen MR) is 76.6 cm³/mol. The first-order valence-corrected chi connectivity index (χ1v) is 6.12. The summed E-state index contributed by atoms with van der Waals surface area (Å²) in [7, 11) is 0. The quantitative estimate of drug-likeness (QED) is 0.672. The van der Waals surface area contributed by atoms with Crippen LogP contribution in [0.5, 0.6) is 0 Å². The van der Waals surface area contributed by atoms with Gasteiger partial charge in [0.05, 0.1) is 16.2 Å². The zero-order valence-corrected chi connectivity index (χ0v) is 10.7. The Hall–Kier alpha value is -2.13. The molecule has 0 bridgehead atoms. The van der Waals surface area contributed by atoms with E-state index in [0.717, 1.165) is 16.5 Å². The van der Waals surface area contributed by atoms with E-state index in [1.54, 1.807) is 6.20 Å². The van der Waals surface area contributed by atoms with E-state index < -0.39 is 5.82 Å². The van der Waals surface area contributed by atoms with E-state index in [4.69, 9.17) is 17.3 Å². The van der Waals surface area contributed by atoms with Gasteiger partial charge < -0.3 is 5.73 Å². The first kappa shape index (κ1) is 11.9. The summed E-state index contributed by atoms with van der Waals surface area (Å²) in [6, 6.07) is 12.1. The molecule has 2 nitrogen and oxygen atoms in total. The summed E-state index contributed by atoms with van der Waals surface area (Å²) in [5, 5.41) is 1.24. The second kappa shape index (κ2) is 4.52. The second-order valence-corrected chi connectivity index (χ2v) is 4.67. The Kier molecular flexibility index (Phi) is 2.84. The lowest BCUT2D eigenvalue weighted by Gasteiger charge is -2.09. The van der Waals surface area contributed by atoms with Crippen molar-refractivity contribution in [1.82, 2.24) is 4.98 Å². The van der Waals surface area contributed by atoms with Crippen LogP contribution in [0.15, 0.2) is 48.7 Å². The molecule has 3 rings (SSSR count). The molecule has 0 atom stereocenters. The highest BCUT2D eigenvalue weighted by Crippen LogP contribution is 2.33. The van der Waals surface area contributed by atoms with Crippen LogP contribution in [0.25, 0.3) is 22.0 Å². The Labute approximate surface area is 114 Å². The Morgan fingerprint density at radius 1 is 1.11 bits per heavy atom. The Balaban J connectivity index is 2.24. The Bertz CT molecular complexity index is 771. The number of benzene rings is 2. The van der Waals surface area contributed by atoms with E-state index in [1.165, 1.54) is 12.1 Å². The van der Waals surface area contributed by atoms with Gasteiger partial charge in [-0.1, -0.05) is 29.8 Å². The smallest absolute Gasteiger partial charge is 0.125 e. The third-order valence-electron chi connectivity index (χ3n) is 3.01. The molecular weight excluding hydrogens is 263 g/mol. The van der Waals surface area contributed by atoms with Crippen LogP contribution < -0.4 is 5.73 Å². The molecule has 19 heavy (non-hydrogen) atoms. The van der Waals surface area contributed by atoms with Crippen molar-refractivity contribution in [2.75, 3.05) is 5.73 Å². The lowest BCUT2D eigenvalue weighted by molar-refractivity contribution is 0.628. The number of fused-ring (bicyclic) bond motifs is 1. The number of nitrogens with two attached hydrogens (primary N) is 1. The number of halogens is 2. The lowest BCUT2D eigenvalue weighted by Crippen LogP contribution is -1.93. The first-order valence-electron chi connectivity index (χ1n) is 5.75. The molecule has 0 saturated carbocycles. The standard InChI is InChI=1S/C15H10ClFN2/c16-13-8-11(17)7-12(15(13)18)10-4-3-9-2-1-5-19-14(9)6-10/h1-8H,18H2. The molecule has 1 aromatic heterocycles. The molecule has 2 aromatic carbocycles. The Morgan fingerprint density at radius 3 is 2.79 bits per heavy atom. The molecule has 3 aromatic rings. The number of hydrogen-bond acceptors (Lipinski definition) is 2. The molecule has 94 valence electrons. The molecule has 2 N–H and O–H groups in total. The zero-order chi connectivity index (χ0) is 13.4. The fourth-order valence-corrected chi connectivity index (χ4v) is 2.26. The lowest BCUT2D eigenvalue weighted by atomic mass is 10.0. The number of anilines is 1. The van der Waals surface area contributed by atoms with E-state index in [-0.39, 0.29) is 5.02 Å². The first-order chi connectivity index (χ1) is 9.15. The van der Waals surface area contributed by atoms with E-state index >= 15 is 0 Å². The van der Waals surface area contributed by atoms with Gasteiger partial charge in [-0.3, -0.25) is 4.98 Å². The second-order valence-electron chi connectivity index (χ2n) is 4.26. The fraction of sp³-hybridized carbons (Fsp3) is 0. The minimum Gasteiger partial charge on any atom is -0.397 e. The van der Waals surface area contributed by atoms with Crippen molar-refractivity contribution in [1.29, 1.82) is 0 Å². The maximum atomic E-state index is 13.5. The number of rotatable bonds is 1. The molecule has 4 heteroatoms. The van der Waals surface area contributed by atoms with Crippen molar-refractivity contribution in [3.05, 3.63) is 59.5 Å². The van der Waals surface area contributed by atoms with Crippen LogP contribution >= 0.6 is 11.6 Å². The van der Waals surface area contributed by atoms with Crippen LogP contribution in [-0.2, 0) is 0 Å². The van der Waals surface area contributed by atoms with Crippen LogP contribution in [0.2, 0.25) is 5.02 Å². The van der Waals surface area contributed by atoms with Gasteiger partial charge in [0.15, 0.2) is 0 Å². The van der Waals surface area contributed by atoms with Gasteiger partial charge in [0.2, 0.25) is 0 Å². The molecule has 1 heterocycles. The maximum Gasteiger partial charge on any atom is 0.125 e. The van der Waals surface area contributed by atoms with Gasteiger partial charge in [-0.25, -0.2) is 4.39 Å². The number of nitrogens with zero attached hydrogens (tertiary/aromatic N) is 1. The highest BCUT2D eigenvalue weighted by atomic mass is 35.5. The molecule has 0 spiro atoms. The number of aromatic nitrogens is 1. The van der Waals surface area contributed by atoms with Crippen molar-refractivity contribution in [3.8, 4) is 11.1 Å². The van der Waals surface area contributed by atoms with Gasteiger partial charge >= 0.3 is 0 Å². The normalized spacial score (nSPS) is 10.8. The monoisotopic (exact) mass is 272 g/mol. The van der Waals surface area contributed by atoms with Gasteiger partial charge in [-0.15, -0.1) is 0 Å². The summed E-state index contributed by atoms with van der Waals surface area (Å²) < 4.78 is 13.5. The minimum atomic E-state index is -0.407. The molecule has 0 aliphatic rings. The summed E-state index contributed by atoms with van der Waals surface area (Å²) in [5.74, 6) is -0.407. The highest BCUT2D eigenvalue weighted by Gasteiger charge is 2.09. The third kappa shape index (κ3) is 2.13. The van der Waals surface area contributed by atoms with Crippen LogP contribution in [0.3, 0.4) is 0 Å². The molecule has 0 fully saturated rings. The van der Waals surface area contributed by atoms with Crippen LogP contribution in [0.4, 0.5) is 10.1 Å². The van der Waals surface area contributed by atoms with E-state index in [2.05, 4.69) is 4.98 Å². The summed E-state index contributed by atoms with van der Waals surface area (Å²) in [6.07, 6.45) is 1.72. The largest absolute Gasteiger partial charge is 0.397 e. The van der Waals surface area contributed by atoms with Gasteiger partial charge in [0.25, 0.3) is 0 Å².